The van der Waals surface area contributed by atoms with Crippen LogP contribution in [-0.4, -0.2) is 55.3 Å². The predicted molar refractivity (Wildman–Crippen MR) is 110 cm³/mol. The average molecular weight is 443 g/mol. The highest BCUT2D eigenvalue weighted by molar-refractivity contribution is 8.00. The molecule has 152 valence electrons. The van der Waals surface area contributed by atoms with Crippen molar-refractivity contribution in [1.82, 2.24) is 14.5 Å². The van der Waals surface area contributed by atoms with Crippen LogP contribution in [0, 0.1) is 0 Å². The highest BCUT2D eigenvalue weighted by atomic mass is 32.2. The van der Waals surface area contributed by atoms with E-state index in [1.54, 1.807) is 0 Å². The van der Waals surface area contributed by atoms with E-state index in [9.17, 15) is 13.2 Å². The first-order valence-corrected chi connectivity index (χ1v) is 12.3. The maximum atomic E-state index is 13.0. The van der Waals surface area contributed by atoms with Crippen LogP contribution < -0.4 is 10.1 Å². The van der Waals surface area contributed by atoms with Crippen LogP contribution in [0.1, 0.15) is 36.0 Å². The molecule has 1 amide bonds. The number of thioether (sulfide) groups is 1. The lowest BCUT2D eigenvalue weighted by molar-refractivity contribution is 0.102. The van der Waals surface area contributed by atoms with Crippen molar-refractivity contribution in [2.75, 3.05) is 31.8 Å². The maximum Gasteiger partial charge on any atom is 0.261 e. The van der Waals surface area contributed by atoms with E-state index in [0.717, 1.165) is 30.0 Å². The quantitative estimate of drug-likeness (QED) is 0.542. The number of benzene rings is 1. The first-order chi connectivity index (χ1) is 13.5. The molecule has 8 nitrogen and oxygen atoms in total. The lowest BCUT2D eigenvalue weighted by Gasteiger charge is -2.20. The van der Waals surface area contributed by atoms with E-state index in [1.165, 1.54) is 52.7 Å². The van der Waals surface area contributed by atoms with Gasteiger partial charge >= 0.3 is 0 Å². The van der Waals surface area contributed by atoms with Gasteiger partial charge in [-0.15, -0.1) is 10.2 Å². The van der Waals surface area contributed by atoms with Crippen LogP contribution in [-0.2, 0) is 10.0 Å². The molecule has 1 saturated heterocycles. The standard InChI is InChI=1S/C17H22N4O4S3/c1-25-14-8-7-12(28(23,24)21-9-5-3-4-6-10-21)11-13(14)15(22)18-16-19-20-17(26-2)27-16/h7-8,11H,3-6,9-10H2,1-2H3,(H,18,19,22). The number of sulfonamides is 1. The number of nitrogens with zero attached hydrogens (tertiary/aromatic N) is 3. The second-order valence-corrected chi connectivity index (χ2v) is 10.2. The van der Waals surface area contributed by atoms with Crippen molar-refractivity contribution in [3.8, 4) is 5.75 Å². The number of amides is 1. The van der Waals surface area contributed by atoms with Crippen LogP contribution in [0.4, 0.5) is 5.13 Å². The van der Waals surface area contributed by atoms with Gasteiger partial charge in [-0.25, -0.2) is 8.42 Å². The maximum absolute atomic E-state index is 13.0. The Morgan fingerprint density at radius 3 is 2.54 bits per heavy atom. The Labute approximate surface area is 172 Å². The summed E-state index contributed by atoms with van der Waals surface area (Å²) in [6.07, 6.45) is 5.62. The Kier molecular flexibility index (Phi) is 6.91. The second kappa shape index (κ2) is 9.21. The summed E-state index contributed by atoms with van der Waals surface area (Å²) in [6, 6.07) is 4.35. The monoisotopic (exact) mass is 442 g/mol. The van der Waals surface area contributed by atoms with Crippen molar-refractivity contribution in [3.05, 3.63) is 23.8 Å². The van der Waals surface area contributed by atoms with E-state index in [-0.39, 0.29) is 10.5 Å². The third-order valence-electron chi connectivity index (χ3n) is 4.42. The molecule has 0 radical (unpaired) electrons. The molecule has 11 heteroatoms. The molecule has 28 heavy (non-hydrogen) atoms. The van der Waals surface area contributed by atoms with Gasteiger partial charge in [0.2, 0.25) is 15.2 Å². The van der Waals surface area contributed by atoms with Gasteiger partial charge in [-0.3, -0.25) is 10.1 Å². The molecule has 1 aromatic carbocycles. The van der Waals surface area contributed by atoms with E-state index in [0.29, 0.717) is 24.0 Å². The van der Waals surface area contributed by atoms with Crippen molar-refractivity contribution >= 4 is 44.2 Å². The van der Waals surface area contributed by atoms with E-state index >= 15 is 0 Å². The van der Waals surface area contributed by atoms with Gasteiger partial charge in [0.1, 0.15) is 5.75 Å². The summed E-state index contributed by atoms with van der Waals surface area (Å²) in [5, 5.41) is 10.8. The molecule has 0 atom stereocenters. The summed E-state index contributed by atoms with van der Waals surface area (Å²) >= 11 is 2.67. The number of ether oxygens (including phenoxy) is 1. The van der Waals surface area contributed by atoms with Gasteiger partial charge in [0.25, 0.3) is 5.91 Å². The van der Waals surface area contributed by atoms with Gasteiger partial charge in [0, 0.05) is 13.1 Å². The van der Waals surface area contributed by atoms with Gasteiger partial charge in [-0.1, -0.05) is 35.9 Å². The number of carbonyl (C=O) groups excluding carboxylic acids is 1. The zero-order valence-electron chi connectivity index (χ0n) is 15.7. The lowest BCUT2D eigenvalue weighted by atomic mass is 10.2. The first kappa shape index (κ1) is 21.0. The fourth-order valence-electron chi connectivity index (χ4n) is 2.96. The Morgan fingerprint density at radius 1 is 1.21 bits per heavy atom. The number of rotatable bonds is 6. The molecular formula is C17H22N4O4S3. The molecule has 1 fully saturated rings. The number of nitrogens with one attached hydrogen (secondary N) is 1. The molecule has 1 aromatic heterocycles. The van der Waals surface area contributed by atoms with Crippen molar-refractivity contribution in [2.24, 2.45) is 0 Å². The van der Waals surface area contributed by atoms with Crippen molar-refractivity contribution in [2.45, 2.75) is 34.9 Å². The zero-order valence-corrected chi connectivity index (χ0v) is 18.1. The Hall–Kier alpha value is -1.69. The van der Waals surface area contributed by atoms with Crippen LogP contribution in [0.25, 0.3) is 0 Å². The highest BCUT2D eigenvalue weighted by Crippen LogP contribution is 2.28. The minimum absolute atomic E-state index is 0.0856. The number of aromatic nitrogens is 2. The molecule has 1 aliphatic heterocycles. The summed E-state index contributed by atoms with van der Waals surface area (Å²) in [5.74, 6) is -0.199. The largest absolute Gasteiger partial charge is 0.496 e. The smallest absolute Gasteiger partial charge is 0.261 e. The Morgan fingerprint density at radius 2 is 1.93 bits per heavy atom. The van der Waals surface area contributed by atoms with Crippen LogP contribution in [0.2, 0.25) is 0 Å². The van der Waals surface area contributed by atoms with Crippen molar-refractivity contribution in [1.29, 1.82) is 0 Å². The minimum atomic E-state index is -3.67. The molecule has 3 rings (SSSR count). The fourth-order valence-corrected chi connectivity index (χ4v) is 5.67. The first-order valence-electron chi connectivity index (χ1n) is 8.82. The molecule has 2 heterocycles. The second-order valence-electron chi connectivity index (χ2n) is 6.21. The SMILES string of the molecule is COc1ccc(S(=O)(=O)N2CCCCCC2)cc1C(=O)Nc1nnc(SC)s1. The molecule has 0 aliphatic carbocycles. The number of hydrogen-bond acceptors (Lipinski definition) is 8. The van der Waals surface area contributed by atoms with Gasteiger partial charge in [0.05, 0.1) is 17.6 Å². The van der Waals surface area contributed by atoms with Gasteiger partial charge in [0.15, 0.2) is 4.34 Å². The molecule has 1 aliphatic rings. The molecular weight excluding hydrogens is 420 g/mol. The number of anilines is 1. The number of hydrogen-bond donors (Lipinski definition) is 1. The van der Waals surface area contributed by atoms with Gasteiger partial charge in [-0.2, -0.15) is 4.31 Å². The van der Waals surface area contributed by atoms with Crippen molar-refractivity contribution < 1.29 is 17.9 Å². The topological polar surface area (TPSA) is 101 Å². The summed E-state index contributed by atoms with van der Waals surface area (Å²) < 4.78 is 33.6. The predicted octanol–water partition coefficient (Wildman–Crippen LogP) is 3.09. The summed E-state index contributed by atoms with van der Waals surface area (Å²) in [5.41, 5.74) is 0.138. The Bertz CT molecular complexity index is 938. The third-order valence-corrected chi connectivity index (χ3v) is 8.13. The molecule has 0 saturated carbocycles. The van der Waals surface area contributed by atoms with Crippen LogP contribution in [0.15, 0.2) is 27.4 Å². The highest BCUT2D eigenvalue weighted by Gasteiger charge is 2.27. The molecule has 2 aromatic rings. The van der Waals surface area contributed by atoms with Gasteiger partial charge < -0.3 is 4.74 Å². The van der Waals surface area contributed by atoms with Crippen molar-refractivity contribution in [3.63, 3.8) is 0 Å². The summed E-state index contributed by atoms with van der Waals surface area (Å²) in [6.45, 7) is 0.996. The summed E-state index contributed by atoms with van der Waals surface area (Å²) in [4.78, 5) is 12.8. The van der Waals surface area contributed by atoms with Crippen LogP contribution in [0.3, 0.4) is 0 Å². The average Bonchev–Trinajstić information content (AvgIpc) is 2.97. The minimum Gasteiger partial charge on any atom is -0.496 e. The third kappa shape index (κ3) is 4.65. The molecule has 1 N–H and O–H groups in total. The van der Waals surface area contributed by atoms with E-state index < -0.39 is 15.9 Å². The lowest BCUT2D eigenvalue weighted by Crippen LogP contribution is -2.32. The summed E-state index contributed by atoms with van der Waals surface area (Å²) in [7, 11) is -2.23. The van der Waals surface area contributed by atoms with E-state index in [2.05, 4.69) is 15.5 Å². The fraction of sp³-hybridized carbons (Fsp3) is 0.471. The van der Waals surface area contributed by atoms with Crippen LogP contribution in [0.5, 0.6) is 5.75 Å². The van der Waals surface area contributed by atoms with E-state index in [4.69, 9.17) is 4.74 Å². The number of methoxy groups -OCH3 is 1. The Balaban J connectivity index is 1.89. The molecule has 0 bridgehead atoms. The number of carbonyl (C=O) groups is 1. The van der Waals surface area contributed by atoms with E-state index in [1.807, 2.05) is 6.26 Å². The van der Waals surface area contributed by atoms with Crippen LogP contribution >= 0.6 is 23.1 Å². The molecule has 0 spiro atoms. The molecule has 0 unspecified atom stereocenters. The van der Waals surface area contributed by atoms with Gasteiger partial charge in [-0.05, 0) is 37.3 Å². The normalized spacial score (nSPS) is 15.8. The zero-order chi connectivity index (χ0) is 20.1.